The van der Waals surface area contributed by atoms with Gasteiger partial charge in [-0.15, -0.1) is 12.4 Å². The standard InChI is InChI=1S/C17H24ClN.C14H18ClN.ClH/c1-19-16(13-5-2-3-6-13)17(11-4-12-17)14-7-9-15(18)10-8-14;15-12-6-4-11(5-7-12)14(8-1-9-14)13(16)10-2-3-10;/h7-10,13,16,19H,2-6,11-12H2,1H3;4-7,10,13H,1-3,8-9,16H2;1H. The molecule has 4 saturated carbocycles. The van der Waals surface area contributed by atoms with Crippen molar-refractivity contribution in [3.63, 3.8) is 0 Å². The highest BCUT2D eigenvalue weighted by molar-refractivity contribution is 6.30. The summed E-state index contributed by atoms with van der Waals surface area (Å²) in [6.45, 7) is 0. The second-order valence-electron chi connectivity index (χ2n) is 11.7. The van der Waals surface area contributed by atoms with E-state index in [2.05, 4.69) is 48.8 Å². The van der Waals surface area contributed by atoms with Crippen LogP contribution in [-0.4, -0.2) is 19.1 Å². The van der Waals surface area contributed by atoms with Gasteiger partial charge in [0, 0.05) is 33.0 Å². The summed E-state index contributed by atoms with van der Waals surface area (Å²) in [5.74, 6) is 1.64. The van der Waals surface area contributed by atoms with Gasteiger partial charge in [0.1, 0.15) is 0 Å². The Morgan fingerprint density at radius 2 is 1.14 bits per heavy atom. The highest BCUT2D eigenvalue weighted by atomic mass is 35.5. The molecule has 2 unspecified atom stereocenters. The summed E-state index contributed by atoms with van der Waals surface area (Å²) in [7, 11) is 2.15. The van der Waals surface area contributed by atoms with Gasteiger partial charge in [0.2, 0.25) is 0 Å². The molecule has 4 aliphatic carbocycles. The minimum atomic E-state index is 0. The quantitative estimate of drug-likeness (QED) is 0.363. The predicted octanol–water partition coefficient (Wildman–Crippen LogP) is 8.46. The summed E-state index contributed by atoms with van der Waals surface area (Å²) in [5, 5.41) is 5.33. The molecule has 0 amide bonds. The van der Waals surface area contributed by atoms with Crippen molar-refractivity contribution in [3.05, 3.63) is 69.7 Å². The molecule has 6 rings (SSSR count). The smallest absolute Gasteiger partial charge is 0.0406 e. The highest BCUT2D eigenvalue weighted by Crippen LogP contribution is 2.52. The van der Waals surface area contributed by atoms with Crippen LogP contribution in [0.4, 0.5) is 0 Å². The molecule has 0 bridgehead atoms. The number of nitrogens with two attached hydrogens (primary N) is 1. The summed E-state index contributed by atoms with van der Waals surface area (Å²) in [6.07, 6.45) is 16.2. The van der Waals surface area contributed by atoms with E-state index in [9.17, 15) is 0 Å². The van der Waals surface area contributed by atoms with E-state index in [1.165, 1.54) is 88.2 Å². The molecule has 0 heterocycles. The molecule has 198 valence electrons. The first kappa shape index (κ1) is 28.2. The molecule has 0 aromatic heterocycles. The van der Waals surface area contributed by atoms with Crippen LogP contribution in [0.2, 0.25) is 10.0 Å². The van der Waals surface area contributed by atoms with Crippen LogP contribution in [0.1, 0.15) is 88.2 Å². The molecular weight excluding hydrogens is 507 g/mol. The van der Waals surface area contributed by atoms with Crippen LogP contribution < -0.4 is 11.1 Å². The lowest BCUT2D eigenvalue weighted by atomic mass is 9.57. The second-order valence-corrected chi connectivity index (χ2v) is 12.6. The highest BCUT2D eigenvalue weighted by Gasteiger charge is 2.49. The van der Waals surface area contributed by atoms with Crippen molar-refractivity contribution in [2.75, 3.05) is 7.05 Å². The lowest BCUT2D eigenvalue weighted by Gasteiger charge is -2.50. The zero-order chi connectivity index (χ0) is 24.5. The van der Waals surface area contributed by atoms with Crippen molar-refractivity contribution in [2.45, 2.75) is 100.0 Å². The average Bonchev–Trinajstić information content (AvgIpc) is 3.53. The number of nitrogens with one attached hydrogen (secondary N) is 1. The monoisotopic (exact) mass is 548 g/mol. The van der Waals surface area contributed by atoms with Crippen LogP contribution in [0.5, 0.6) is 0 Å². The van der Waals surface area contributed by atoms with Gasteiger partial charge in [-0.3, -0.25) is 0 Å². The van der Waals surface area contributed by atoms with Gasteiger partial charge < -0.3 is 11.1 Å². The molecule has 4 aliphatic rings. The van der Waals surface area contributed by atoms with Crippen molar-refractivity contribution in [1.82, 2.24) is 5.32 Å². The minimum Gasteiger partial charge on any atom is -0.327 e. The maximum atomic E-state index is 6.46. The first-order valence-corrected chi connectivity index (χ1v) is 14.7. The topological polar surface area (TPSA) is 38.0 Å². The van der Waals surface area contributed by atoms with Crippen molar-refractivity contribution in [2.24, 2.45) is 17.6 Å². The van der Waals surface area contributed by atoms with Gasteiger partial charge in [-0.25, -0.2) is 0 Å². The molecule has 4 fully saturated rings. The van der Waals surface area contributed by atoms with Crippen molar-refractivity contribution >= 4 is 35.6 Å². The molecule has 0 spiro atoms. The van der Waals surface area contributed by atoms with E-state index in [-0.39, 0.29) is 17.8 Å². The molecular formula is C31H43Cl3N2. The van der Waals surface area contributed by atoms with Gasteiger partial charge >= 0.3 is 0 Å². The molecule has 36 heavy (non-hydrogen) atoms. The molecule has 2 aromatic carbocycles. The average molecular weight is 550 g/mol. The normalized spacial score (nSPS) is 23.8. The van der Waals surface area contributed by atoms with Crippen LogP contribution in [0.25, 0.3) is 0 Å². The van der Waals surface area contributed by atoms with E-state index < -0.39 is 0 Å². The number of likely N-dealkylation sites (N-methyl/N-ethyl adjacent to an activating group) is 1. The van der Waals surface area contributed by atoms with E-state index >= 15 is 0 Å². The first-order valence-electron chi connectivity index (χ1n) is 13.9. The number of halogens is 3. The van der Waals surface area contributed by atoms with Crippen molar-refractivity contribution < 1.29 is 0 Å². The van der Waals surface area contributed by atoms with E-state index in [1.54, 1.807) is 0 Å². The largest absolute Gasteiger partial charge is 0.327 e. The third-order valence-corrected chi connectivity index (χ3v) is 10.4. The fraction of sp³-hybridized carbons (Fsp3) is 0.613. The van der Waals surface area contributed by atoms with Gasteiger partial charge in [0.15, 0.2) is 0 Å². The third kappa shape index (κ3) is 5.50. The fourth-order valence-electron chi connectivity index (χ4n) is 7.43. The molecule has 0 saturated heterocycles. The lowest BCUT2D eigenvalue weighted by Crippen LogP contribution is -2.54. The lowest BCUT2D eigenvalue weighted by molar-refractivity contribution is 0.131. The predicted molar refractivity (Wildman–Crippen MR) is 157 cm³/mol. The third-order valence-electron chi connectivity index (χ3n) is 9.88. The minimum absolute atomic E-state index is 0. The van der Waals surface area contributed by atoms with E-state index in [0.29, 0.717) is 17.5 Å². The van der Waals surface area contributed by atoms with Crippen LogP contribution in [0.15, 0.2) is 48.5 Å². The van der Waals surface area contributed by atoms with Crippen LogP contribution in [-0.2, 0) is 10.8 Å². The van der Waals surface area contributed by atoms with Gasteiger partial charge in [0.05, 0.1) is 0 Å². The molecule has 3 N–H and O–H groups in total. The second kappa shape index (κ2) is 12.0. The van der Waals surface area contributed by atoms with Crippen LogP contribution in [0, 0.1) is 11.8 Å². The Kier molecular flexibility index (Phi) is 9.38. The summed E-state index contributed by atoms with van der Waals surface area (Å²) < 4.78 is 0. The Morgan fingerprint density at radius 3 is 1.50 bits per heavy atom. The van der Waals surface area contributed by atoms with E-state index in [0.717, 1.165) is 21.9 Å². The van der Waals surface area contributed by atoms with Crippen LogP contribution >= 0.6 is 35.6 Å². The van der Waals surface area contributed by atoms with E-state index in [4.69, 9.17) is 28.9 Å². The number of hydrogen-bond donors (Lipinski definition) is 2. The maximum Gasteiger partial charge on any atom is 0.0406 e. The number of benzene rings is 2. The Morgan fingerprint density at radius 1 is 0.694 bits per heavy atom. The Bertz CT molecular complexity index is 956. The summed E-state index contributed by atoms with van der Waals surface area (Å²) in [5.41, 5.74) is 10.00. The van der Waals surface area contributed by atoms with E-state index in [1.807, 2.05) is 12.1 Å². The molecule has 2 atom stereocenters. The summed E-state index contributed by atoms with van der Waals surface area (Å²) >= 11 is 12.0. The Labute approximate surface area is 234 Å². The summed E-state index contributed by atoms with van der Waals surface area (Å²) in [6, 6.07) is 18.0. The Hall–Kier alpha value is -0.770. The molecule has 2 aromatic rings. The summed E-state index contributed by atoms with van der Waals surface area (Å²) in [4.78, 5) is 0. The van der Waals surface area contributed by atoms with Gasteiger partial charge in [-0.1, -0.05) is 73.2 Å². The SMILES string of the molecule is CNC(C1CCCC1)C1(c2ccc(Cl)cc2)CCC1.Cl.NC(C1CC1)C1(c2ccc(Cl)cc2)CCC1. The van der Waals surface area contributed by atoms with Crippen molar-refractivity contribution in [1.29, 1.82) is 0 Å². The molecule has 2 nitrogen and oxygen atoms in total. The zero-order valence-corrected chi connectivity index (χ0v) is 24.0. The van der Waals surface area contributed by atoms with Gasteiger partial charge in [0.25, 0.3) is 0 Å². The number of rotatable bonds is 7. The van der Waals surface area contributed by atoms with Crippen molar-refractivity contribution in [3.8, 4) is 0 Å². The number of hydrogen-bond acceptors (Lipinski definition) is 2. The maximum absolute atomic E-state index is 6.46. The Balaban J connectivity index is 0.000000167. The van der Waals surface area contributed by atoms with Crippen LogP contribution in [0.3, 0.4) is 0 Å². The molecule has 0 radical (unpaired) electrons. The van der Waals surface area contributed by atoms with Gasteiger partial charge in [-0.05, 0) is 106 Å². The zero-order valence-electron chi connectivity index (χ0n) is 21.7. The van der Waals surface area contributed by atoms with Gasteiger partial charge in [-0.2, -0.15) is 0 Å². The molecule has 5 heteroatoms. The fourth-order valence-corrected chi connectivity index (χ4v) is 7.69. The molecule has 0 aliphatic heterocycles. The first-order chi connectivity index (χ1) is 17.0.